The summed E-state index contributed by atoms with van der Waals surface area (Å²) in [4.78, 5) is 53.9. The Morgan fingerprint density at radius 3 is 2.12 bits per heavy atom. The van der Waals surface area contributed by atoms with Crippen molar-refractivity contribution in [1.82, 2.24) is 0 Å². The third-order valence-corrected chi connectivity index (χ3v) is 5.91. The fourth-order valence-electron chi connectivity index (χ4n) is 4.26. The summed E-state index contributed by atoms with van der Waals surface area (Å²) in [6.07, 6.45) is 2.61. The van der Waals surface area contributed by atoms with Crippen LogP contribution in [0.3, 0.4) is 0 Å². The molecule has 0 bridgehead atoms. The van der Waals surface area contributed by atoms with Crippen LogP contribution in [0, 0.1) is 5.41 Å². The van der Waals surface area contributed by atoms with Crippen LogP contribution >= 0.6 is 11.6 Å². The van der Waals surface area contributed by atoms with E-state index in [2.05, 4.69) is 0 Å². The number of carbonyl (C=O) groups is 4. The highest BCUT2D eigenvalue weighted by Crippen LogP contribution is 2.51. The van der Waals surface area contributed by atoms with Crippen molar-refractivity contribution in [3.05, 3.63) is 77.3 Å². The summed E-state index contributed by atoms with van der Waals surface area (Å²) in [5.74, 6) is -4.72. The highest BCUT2D eigenvalue weighted by Gasteiger charge is 2.70. The summed E-state index contributed by atoms with van der Waals surface area (Å²) in [7, 11) is 2.18. The van der Waals surface area contributed by atoms with Crippen LogP contribution in [0.25, 0.3) is 0 Å². The Hall–Kier alpha value is -3.65. The van der Waals surface area contributed by atoms with Gasteiger partial charge in [-0.25, -0.2) is 4.79 Å². The third kappa shape index (κ3) is 4.28. The van der Waals surface area contributed by atoms with E-state index in [4.69, 9.17) is 25.8 Å². The van der Waals surface area contributed by atoms with E-state index >= 15 is 0 Å². The Morgan fingerprint density at radius 2 is 1.59 bits per heavy atom. The van der Waals surface area contributed by atoms with Gasteiger partial charge in [-0.1, -0.05) is 48.0 Å². The average Bonchev–Trinajstić information content (AvgIpc) is 3.11. The molecule has 1 amide bonds. The lowest BCUT2D eigenvalue weighted by Crippen LogP contribution is -2.50. The maximum Gasteiger partial charge on any atom is 0.333 e. The van der Waals surface area contributed by atoms with Gasteiger partial charge in [0.1, 0.15) is 0 Å². The molecule has 1 heterocycles. The fourth-order valence-corrected chi connectivity index (χ4v) is 4.38. The van der Waals surface area contributed by atoms with Crippen molar-refractivity contribution < 1.29 is 33.4 Å². The van der Waals surface area contributed by atoms with Gasteiger partial charge in [0.05, 0.1) is 26.9 Å². The number of para-hydroxylation sites is 1. The van der Waals surface area contributed by atoms with Gasteiger partial charge in [0.2, 0.25) is 0 Å². The second-order valence-electron chi connectivity index (χ2n) is 7.43. The molecule has 0 unspecified atom stereocenters. The zero-order chi connectivity index (χ0) is 24.9. The summed E-state index contributed by atoms with van der Waals surface area (Å²) in [5.41, 5.74) is -1.50. The number of esters is 3. The van der Waals surface area contributed by atoms with Crippen LogP contribution < -0.4 is 4.90 Å². The van der Waals surface area contributed by atoms with E-state index < -0.39 is 41.2 Å². The molecule has 0 radical (unpaired) electrons. The van der Waals surface area contributed by atoms with E-state index in [0.29, 0.717) is 16.3 Å². The number of nitrogens with zero attached hydrogens (tertiary/aromatic N) is 1. The maximum absolute atomic E-state index is 14.0. The SMILES string of the molecule is CCOC(=O)/C=C/[C@@H]1[C@@H](c2ccc(Cl)cc2)C(C(=O)OC)(C(=O)OC)C(=O)N1c1ccccc1. The lowest BCUT2D eigenvalue weighted by molar-refractivity contribution is -0.172. The molecule has 2 atom stereocenters. The lowest BCUT2D eigenvalue weighted by Gasteiger charge is -2.29. The van der Waals surface area contributed by atoms with Crippen LogP contribution in [0.2, 0.25) is 5.02 Å². The Kier molecular flexibility index (Phi) is 7.73. The van der Waals surface area contributed by atoms with Crippen molar-refractivity contribution in [1.29, 1.82) is 0 Å². The summed E-state index contributed by atoms with van der Waals surface area (Å²) < 4.78 is 14.9. The van der Waals surface area contributed by atoms with Gasteiger partial charge in [0, 0.05) is 22.7 Å². The Morgan fingerprint density at radius 1 is 1.00 bits per heavy atom. The molecular formula is C25H24ClNO7. The largest absolute Gasteiger partial charge is 0.468 e. The van der Waals surface area contributed by atoms with Crippen molar-refractivity contribution in [2.75, 3.05) is 25.7 Å². The van der Waals surface area contributed by atoms with Gasteiger partial charge in [-0.05, 0) is 36.8 Å². The highest BCUT2D eigenvalue weighted by atomic mass is 35.5. The zero-order valence-electron chi connectivity index (χ0n) is 18.9. The monoisotopic (exact) mass is 485 g/mol. The van der Waals surface area contributed by atoms with Gasteiger partial charge < -0.3 is 19.1 Å². The molecule has 1 aliphatic rings. The molecule has 1 fully saturated rings. The quantitative estimate of drug-likeness (QED) is 0.257. The van der Waals surface area contributed by atoms with Gasteiger partial charge in [0.25, 0.3) is 11.3 Å². The van der Waals surface area contributed by atoms with E-state index in [1.807, 2.05) is 0 Å². The first-order valence-corrected chi connectivity index (χ1v) is 10.9. The average molecular weight is 486 g/mol. The van der Waals surface area contributed by atoms with E-state index in [9.17, 15) is 19.2 Å². The number of hydrogen-bond acceptors (Lipinski definition) is 7. The van der Waals surface area contributed by atoms with E-state index in [1.54, 1.807) is 61.5 Å². The molecule has 1 aliphatic heterocycles. The Labute approximate surface area is 202 Å². The standard InChI is InChI=1S/C25H24ClNO7/c1-4-34-20(28)15-14-19-21(16-10-12-17(26)13-11-16)25(23(30)32-2,24(31)33-3)22(29)27(19)18-8-6-5-7-9-18/h5-15,19,21H,4H2,1-3H3/b15-14+/t19-,21-/m1/s1. The van der Waals surface area contributed by atoms with Crippen molar-refractivity contribution in [3.63, 3.8) is 0 Å². The van der Waals surface area contributed by atoms with Crippen molar-refractivity contribution in [2.24, 2.45) is 5.41 Å². The number of hydrogen-bond donors (Lipinski definition) is 0. The number of rotatable bonds is 7. The summed E-state index contributed by atoms with van der Waals surface area (Å²) in [5, 5.41) is 0.424. The molecule has 2 aromatic carbocycles. The predicted octanol–water partition coefficient (Wildman–Crippen LogP) is 3.29. The molecule has 34 heavy (non-hydrogen) atoms. The van der Waals surface area contributed by atoms with Gasteiger partial charge in [-0.15, -0.1) is 0 Å². The zero-order valence-corrected chi connectivity index (χ0v) is 19.7. The summed E-state index contributed by atoms with van der Waals surface area (Å²) >= 11 is 6.06. The second-order valence-corrected chi connectivity index (χ2v) is 7.87. The third-order valence-electron chi connectivity index (χ3n) is 5.66. The van der Waals surface area contributed by atoms with E-state index in [0.717, 1.165) is 14.2 Å². The first-order valence-electron chi connectivity index (χ1n) is 10.5. The molecule has 9 heteroatoms. The minimum Gasteiger partial charge on any atom is -0.468 e. The summed E-state index contributed by atoms with van der Waals surface area (Å²) in [6.45, 7) is 1.82. The normalized spacial score (nSPS) is 19.2. The first kappa shape index (κ1) is 25.0. The maximum atomic E-state index is 14.0. The van der Waals surface area contributed by atoms with Gasteiger partial charge in [-0.2, -0.15) is 0 Å². The lowest BCUT2D eigenvalue weighted by atomic mass is 9.71. The number of carbonyl (C=O) groups excluding carboxylic acids is 4. The van der Waals surface area contributed by atoms with Crippen LogP contribution in [0.5, 0.6) is 0 Å². The van der Waals surface area contributed by atoms with E-state index in [1.165, 1.54) is 17.1 Å². The molecule has 178 valence electrons. The van der Waals surface area contributed by atoms with Crippen LogP contribution in [-0.2, 0) is 33.4 Å². The molecule has 0 spiro atoms. The number of halogens is 1. The van der Waals surface area contributed by atoms with Crippen LogP contribution in [0.4, 0.5) is 5.69 Å². The molecule has 0 aliphatic carbocycles. The van der Waals surface area contributed by atoms with Crippen molar-refractivity contribution in [2.45, 2.75) is 18.9 Å². The minimum atomic E-state index is -2.36. The predicted molar refractivity (Wildman–Crippen MR) is 124 cm³/mol. The molecule has 8 nitrogen and oxygen atoms in total. The first-order chi connectivity index (χ1) is 16.3. The molecule has 3 rings (SSSR count). The second kappa shape index (κ2) is 10.5. The molecule has 2 aromatic rings. The molecule has 1 saturated heterocycles. The van der Waals surface area contributed by atoms with Crippen molar-refractivity contribution >= 4 is 41.1 Å². The number of ether oxygens (including phenoxy) is 3. The highest BCUT2D eigenvalue weighted by molar-refractivity contribution is 6.30. The Bertz CT molecular complexity index is 1080. The minimum absolute atomic E-state index is 0.157. The van der Waals surface area contributed by atoms with Crippen LogP contribution in [0.15, 0.2) is 66.7 Å². The van der Waals surface area contributed by atoms with Crippen LogP contribution in [-0.4, -0.2) is 50.7 Å². The Balaban J connectivity index is 2.34. The number of benzene rings is 2. The van der Waals surface area contributed by atoms with Gasteiger partial charge in [-0.3, -0.25) is 14.4 Å². The number of methoxy groups -OCH3 is 2. The van der Waals surface area contributed by atoms with E-state index in [-0.39, 0.29) is 6.61 Å². The smallest absolute Gasteiger partial charge is 0.333 e. The molecule has 0 saturated carbocycles. The molecule has 0 N–H and O–H groups in total. The van der Waals surface area contributed by atoms with Crippen LogP contribution in [0.1, 0.15) is 18.4 Å². The van der Waals surface area contributed by atoms with Gasteiger partial charge >= 0.3 is 17.9 Å². The number of amides is 1. The topological polar surface area (TPSA) is 99.2 Å². The fraction of sp³-hybridized carbons (Fsp3) is 0.280. The number of anilines is 1. The van der Waals surface area contributed by atoms with Gasteiger partial charge in [0.15, 0.2) is 0 Å². The molecular weight excluding hydrogens is 462 g/mol. The summed E-state index contributed by atoms with van der Waals surface area (Å²) in [6, 6.07) is 13.9. The van der Waals surface area contributed by atoms with Crippen molar-refractivity contribution in [3.8, 4) is 0 Å². The molecule has 0 aromatic heterocycles.